The van der Waals surface area contributed by atoms with E-state index in [0.717, 1.165) is 0 Å². The van der Waals surface area contributed by atoms with Gasteiger partial charge in [0.1, 0.15) is 5.75 Å². The molecule has 0 aliphatic rings. The lowest BCUT2D eigenvalue weighted by Crippen LogP contribution is -2.20. The Labute approximate surface area is 121 Å². The SMILES string of the molecule is N#Cc1cccc(OCC(=O)Nc2cccc(Cl)c2)c1. The van der Waals surface area contributed by atoms with E-state index in [9.17, 15) is 4.79 Å². The second kappa shape index (κ2) is 6.60. The maximum absolute atomic E-state index is 11.7. The lowest BCUT2D eigenvalue weighted by molar-refractivity contribution is -0.118. The summed E-state index contributed by atoms with van der Waals surface area (Å²) in [5.41, 5.74) is 1.09. The molecule has 0 unspecified atom stereocenters. The van der Waals surface area contributed by atoms with Crippen molar-refractivity contribution in [1.82, 2.24) is 0 Å². The zero-order valence-electron chi connectivity index (χ0n) is 10.5. The van der Waals surface area contributed by atoms with Crippen molar-refractivity contribution in [3.63, 3.8) is 0 Å². The number of rotatable bonds is 4. The van der Waals surface area contributed by atoms with Crippen LogP contribution in [0.25, 0.3) is 0 Å². The number of nitrogens with zero attached hydrogens (tertiary/aromatic N) is 1. The molecule has 0 spiro atoms. The van der Waals surface area contributed by atoms with Crippen LogP contribution >= 0.6 is 11.6 Å². The minimum absolute atomic E-state index is 0.138. The molecular weight excluding hydrogens is 276 g/mol. The van der Waals surface area contributed by atoms with Crippen molar-refractivity contribution in [2.24, 2.45) is 0 Å². The van der Waals surface area contributed by atoms with Crippen molar-refractivity contribution in [1.29, 1.82) is 5.26 Å². The van der Waals surface area contributed by atoms with Crippen LogP contribution in [0.3, 0.4) is 0 Å². The fraction of sp³-hybridized carbons (Fsp3) is 0.0667. The van der Waals surface area contributed by atoms with Gasteiger partial charge in [0.15, 0.2) is 6.61 Å². The molecule has 1 N–H and O–H groups in total. The van der Waals surface area contributed by atoms with E-state index in [0.29, 0.717) is 22.0 Å². The number of carbonyl (C=O) groups is 1. The van der Waals surface area contributed by atoms with E-state index in [1.165, 1.54) is 0 Å². The highest BCUT2D eigenvalue weighted by atomic mass is 35.5. The van der Waals surface area contributed by atoms with E-state index in [4.69, 9.17) is 21.6 Å². The Balaban J connectivity index is 1.90. The third-order valence-corrected chi connectivity index (χ3v) is 2.68. The molecule has 0 bridgehead atoms. The highest BCUT2D eigenvalue weighted by Gasteiger charge is 2.04. The smallest absolute Gasteiger partial charge is 0.262 e. The van der Waals surface area contributed by atoms with E-state index >= 15 is 0 Å². The maximum Gasteiger partial charge on any atom is 0.262 e. The van der Waals surface area contributed by atoms with Gasteiger partial charge in [-0.25, -0.2) is 0 Å². The molecule has 4 nitrogen and oxygen atoms in total. The predicted octanol–water partition coefficient (Wildman–Crippen LogP) is 3.23. The molecule has 0 radical (unpaired) electrons. The van der Waals surface area contributed by atoms with Gasteiger partial charge in [-0.15, -0.1) is 0 Å². The molecule has 2 rings (SSSR count). The highest BCUT2D eigenvalue weighted by molar-refractivity contribution is 6.30. The standard InChI is InChI=1S/C15H11ClN2O2/c16-12-4-2-5-13(8-12)18-15(19)10-20-14-6-1-3-11(7-14)9-17/h1-8H,10H2,(H,18,19). The summed E-state index contributed by atoms with van der Waals surface area (Å²) in [6, 6.07) is 15.5. The van der Waals surface area contributed by atoms with Gasteiger partial charge >= 0.3 is 0 Å². The zero-order chi connectivity index (χ0) is 14.4. The van der Waals surface area contributed by atoms with Crippen LogP contribution < -0.4 is 10.1 Å². The number of halogens is 1. The average Bonchev–Trinajstić information content (AvgIpc) is 2.45. The molecule has 0 saturated heterocycles. The minimum atomic E-state index is -0.297. The Hall–Kier alpha value is -2.51. The number of hydrogen-bond donors (Lipinski definition) is 1. The number of nitrogens with one attached hydrogen (secondary N) is 1. The van der Waals surface area contributed by atoms with Crippen LogP contribution in [0.5, 0.6) is 5.75 Å². The molecule has 0 aliphatic heterocycles. The first-order chi connectivity index (χ1) is 9.67. The molecule has 5 heteroatoms. The second-order valence-corrected chi connectivity index (χ2v) is 4.42. The molecule has 0 atom stereocenters. The number of nitriles is 1. The lowest BCUT2D eigenvalue weighted by Gasteiger charge is -2.07. The number of amides is 1. The molecule has 2 aromatic rings. The van der Waals surface area contributed by atoms with Crippen LogP contribution in [0.15, 0.2) is 48.5 Å². The molecule has 0 aliphatic carbocycles. The lowest BCUT2D eigenvalue weighted by atomic mass is 10.2. The minimum Gasteiger partial charge on any atom is -0.484 e. The summed E-state index contributed by atoms with van der Waals surface area (Å²) in [7, 11) is 0. The van der Waals surface area contributed by atoms with Crippen molar-refractivity contribution in [2.45, 2.75) is 0 Å². The number of carbonyl (C=O) groups excluding carboxylic acids is 1. The Bertz CT molecular complexity index is 665. The Morgan fingerprint density at radius 1 is 1.25 bits per heavy atom. The molecule has 1 amide bonds. The monoisotopic (exact) mass is 286 g/mol. The highest BCUT2D eigenvalue weighted by Crippen LogP contribution is 2.15. The van der Waals surface area contributed by atoms with E-state index in [1.54, 1.807) is 48.5 Å². The van der Waals surface area contributed by atoms with Crippen molar-refractivity contribution >= 4 is 23.2 Å². The number of benzene rings is 2. The Morgan fingerprint density at radius 2 is 2.05 bits per heavy atom. The van der Waals surface area contributed by atoms with E-state index in [2.05, 4.69) is 5.32 Å². The van der Waals surface area contributed by atoms with Gasteiger partial charge in [0.25, 0.3) is 5.91 Å². The fourth-order valence-corrected chi connectivity index (χ4v) is 1.76. The van der Waals surface area contributed by atoms with Crippen LogP contribution in [0, 0.1) is 11.3 Å². The molecule has 0 aromatic heterocycles. The van der Waals surface area contributed by atoms with E-state index in [-0.39, 0.29) is 12.5 Å². The summed E-state index contributed by atoms with van der Waals surface area (Å²) in [5, 5.41) is 12.0. The summed E-state index contributed by atoms with van der Waals surface area (Å²) in [6.45, 7) is -0.138. The average molecular weight is 287 g/mol. The largest absolute Gasteiger partial charge is 0.484 e. The Kier molecular flexibility index (Phi) is 4.59. The fourth-order valence-electron chi connectivity index (χ4n) is 1.57. The Morgan fingerprint density at radius 3 is 2.80 bits per heavy atom. The summed E-state index contributed by atoms with van der Waals surface area (Å²) < 4.78 is 5.32. The first-order valence-electron chi connectivity index (χ1n) is 5.86. The molecule has 100 valence electrons. The number of hydrogen-bond acceptors (Lipinski definition) is 3. The van der Waals surface area contributed by atoms with Crippen molar-refractivity contribution < 1.29 is 9.53 Å². The molecule has 0 saturated carbocycles. The van der Waals surface area contributed by atoms with Gasteiger partial charge in [0.05, 0.1) is 11.6 Å². The van der Waals surface area contributed by atoms with Gasteiger partial charge in [0.2, 0.25) is 0 Å². The molecule has 20 heavy (non-hydrogen) atoms. The number of anilines is 1. The predicted molar refractivity (Wildman–Crippen MR) is 76.7 cm³/mol. The third kappa shape index (κ3) is 4.01. The summed E-state index contributed by atoms with van der Waals surface area (Å²) >= 11 is 5.82. The van der Waals surface area contributed by atoms with Crippen LogP contribution in [-0.4, -0.2) is 12.5 Å². The quantitative estimate of drug-likeness (QED) is 0.938. The van der Waals surface area contributed by atoms with Crippen LogP contribution in [0.1, 0.15) is 5.56 Å². The zero-order valence-corrected chi connectivity index (χ0v) is 11.2. The topological polar surface area (TPSA) is 62.1 Å². The molecule has 2 aromatic carbocycles. The van der Waals surface area contributed by atoms with Crippen molar-refractivity contribution in [3.8, 4) is 11.8 Å². The summed E-state index contributed by atoms with van der Waals surface area (Å²) in [4.78, 5) is 11.7. The number of ether oxygens (including phenoxy) is 1. The molecule has 0 fully saturated rings. The molecular formula is C15H11ClN2O2. The van der Waals surface area contributed by atoms with Gasteiger partial charge in [-0.3, -0.25) is 4.79 Å². The second-order valence-electron chi connectivity index (χ2n) is 3.99. The van der Waals surface area contributed by atoms with Crippen LogP contribution in [0.4, 0.5) is 5.69 Å². The third-order valence-electron chi connectivity index (χ3n) is 2.44. The van der Waals surface area contributed by atoms with Gasteiger partial charge in [-0.05, 0) is 36.4 Å². The molecule has 0 heterocycles. The summed E-state index contributed by atoms with van der Waals surface area (Å²) in [5.74, 6) is 0.180. The van der Waals surface area contributed by atoms with Crippen molar-refractivity contribution in [3.05, 3.63) is 59.1 Å². The van der Waals surface area contributed by atoms with E-state index < -0.39 is 0 Å². The van der Waals surface area contributed by atoms with Gasteiger partial charge < -0.3 is 10.1 Å². The van der Waals surface area contributed by atoms with Crippen molar-refractivity contribution in [2.75, 3.05) is 11.9 Å². The summed E-state index contributed by atoms with van der Waals surface area (Å²) in [6.07, 6.45) is 0. The van der Waals surface area contributed by atoms with Gasteiger partial charge in [0, 0.05) is 10.7 Å². The first-order valence-corrected chi connectivity index (χ1v) is 6.23. The normalized spacial score (nSPS) is 9.60. The maximum atomic E-state index is 11.7. The van der Waals surface area contributed by atoms with Gasteiger partial charge in [-0.1, -0.05) is 23.7 Å². The first kappa shape index (κ1) is 13.9. The van der Waals surface area contributed by atoms with Crippen LogP contribution in [-0.2, 0) is 4.79 Å². The van der Waals surface area contributed by atoms with Gasteiger partial charge in [-0.2, -0.15) is 5.26 Å². The van der Waals surface area contributed by atoms with E-state index in [1.807, 2.05) is 6.07 Å². The van der Waals surface area contributed by atoms with Crippen LogP contribution in [0.2, 0.25) is 5.02 Å².